The summed E-state index contributed by atoms with van der Waals surface area (Å²) >= 11 is 0. The van der Waals surface area contributed by atoms with E-state index in [0.717, 1.165) is 29.8 Å². The number of nitriles is 1. The first-order chi connectivity index (χ1) is 10.3. The standard InChI is InChI=1S/C15H19N3O3S/c1-17(22(2,20)21)11-15(19)18(13-7-5-8-13)14-9-4-3-6-12(14)10-16/h3-4,6,9,13H,5,7-8,11H2,1-2H3. The zero-order chi connectivity index (χ0) is 16.3. The molecule has 22 heavy (non-hydrogen) atoms. The van der Waals surface area contributed by atoms with Gasteiger partial charge >= 0.3 is 0 Å². The molecular weight excluding hydrogens is 302 g/mol. The third-order valence-electron chi connectivity index (χ3n) is 3.92. The van der Waals surface area contributed by atoms with Crippen molar-refractivity contribution in [2.24, 2.45) is 0 Å². The highest BCUT2D eigenvalue weighted by Gasteiger charge is 2.32. The van der Waals surface area contributed by atoms with Crippen LogP contribution in [0.1, 0.15) is 24.8 Å². The van der Waals surface area contributed by atoms with E-state index < -0.39 is 10.0 Å². The second kappa shape index (κ2) is 6.46. The first-order valence-corrected chi connectivity index (χ1v) is 8.92. The Labute approximate surface area is 131 Å². The summed E-state index contributed by atoms with van der Waals surface area (Å²) < 4.78 is 24.0. The average molecular weight is 321 g/mol. The predicted molar refractivity (Wildman–Crippen MR) is 83.8 cm³/mol. The number of hydrogen-bond donors (Lipinski definition) is 0. The Balaban J connectivity index is 2.31. The first kappa shape index (κ1) is 16.5. The summed E-state index contributed by atoms with van der Waals surface area (Å²) in [7, 11) is -2.05. The number of carbonyl (C=O) groups excluding carboxylic acids is 1. The average Bonchev–Trinajstić information content (AvgIpc) is 2.41. The van der Waals surface area contributed by atoms with E-state index in [1.165, 1.54) is 7.05 Å². The number of likely N-dealkylation sites (N-methyl/N-ethyl adjacent to an activating group) is 1. The topological polar surface area (TPSA) is 81.5 Å². The zero-order valence-corrected chi connectivity index (χ0v) is 13.5. The molecule has 1 aliphatic carbocycles. The van der Waals surface area contributed by atoms with Crippen LogP contribution in [0.4, 0.5) is 5.69 Å². The van der Waals surface area contributed by atoms with E-state index in [2.05, 4.69) is 6.07 Å². The van der Waals surface area contributed by atoms with Gasteiger partial charge in [0.1, 0.15) is 6.07 Å². The molecule has 6 nitrogen and oxygen atoms in total. The van der Waals surface area contributed by atoms with E-state index in [4.69, 9.17) is 0 Å². The number of rotatable bonds is 5. The SMILES string of the molecule is CN(CC(=O)N(c1ccccc1C#N)C1CCC1)S(C)(=O)=O. The van der Waals surface area contributed by atoms with Gasteiger partial charge in [0.15, 0.2) is 0 Å². The molecule has 7 heteroatoms. The lowest BCUT2D eigenvalue weighted by Gasteiger charge is -2.38. The molecule has 0 spiro atoms. The molecule has 1 fully saturated rings. The lowest BCUT2D eigenvalue weighted by Crippen LogP contribution is -2.49. The molecule has 0 saturated heterocycles. The molecule has 0 N–H and O–H groups in total. The lowest BCUT2D eigenvalue weighted by molar-refractivity contribution is -0.119. The molecule has 0 unspecified atom stereocenters. The van der Waals surface area contributed by atoms with Crippen LogP contribution < -0.4 is 4.90 Å². The highest BCUT2D eigenvalue weighted by atomic mass is 32.2. The van der Waals surface area contributed by atoms with Crippen LogP contribution in [0.3, 0.4) is 0 Å². The number of para-hydroxylation sites is 1. The molecule has 1 amide bonds. The Morgan fingerprint density at radius 3 is 2.50 bits per heavy atom. The Kier molecular flexibility index (Phi) is 4.84. The molecule has 0 radical (unpaired) electrons. The molecule has 0 bridgehead atoms. The number of amides is 1. The summed E-state index contributed by atoms with van der Waals surface area (Å²) in [6, 6.07) is 9.04. The summed E-state index contributed by atoms with van der Waals surface area (Å²) in [5.74, 6) is -0.305. The minimum Gasteiger partial charge on any atom is -0.307 e. The maximum atomic E-state index is 12.6. The summed E-state index contributed by atoms with van der Waals surface area (Å²) in [5.41, 5.74) is 0.978. The van der Waals surface area contributed by atoms with Gasteiger partial charge in [-0.2, -0.15) is 9.57 Å². The van der Waals surface area contributed by atoms with E-state index in [-0.39, 0.29) is 18.5 Å². The fourth-order valence-electron chi connectivity index (χ4n) is 2.34. The van der Waals surface area contributed by atoms with Crippen molar-refractivity contribution in [1.29, 1.82) is 5.26 Å². The largest absolute Gasteiger partial charge is 0.307 e. The first-order valence-electron chi connectivity index (χ1n) is 7.07. The van der Waals surface area contributed by atoms with Gasteiger partial charge in [-0.1, -0.05) is 12.1 Å². The summed E-state index contributed by atoms with van der Waals surface area (Å²) in [6.07, 6.45) is 3.84. The Bertz CT molecular complexity index is 705. The maximum absolute atomic E-state index is 12.6. The van der Waals surface area contributed by atoms with Gasteiger partial charge < -0.3 is 4.90 Å². The maximum Gasteiger partial charge on any atom is 0.242 e. The zero-order valence-electron chi connectivity index (χ0n) is 12.7. The normalized spacial score (nSPS) is 15.2. The van der Waals surface area contributed by atoms with Crippen molar-refractivity contribution in [3.8, 4) is 6.07 Å². The van der Waals surface area contributed by atoms with Gasteiger partial charge in [-0.15, -0.1) is 0 Å². The number of nitrogens with zero attached hydrogens (tertiary/aromatic N) is 3. The van der Waals surface area contributed by atoms with Gasteiger partial charge in [-0.3, -0.25) is 4.79 Å². The Morgan fingerprint density at radius 2 is 2.00 bits per heavy atom. The third-order valence-corrected chi connectivity index (χ3v) is 5.18. The molecule has 0 aromatic heterocycles. The molecule has 1 saturated carbocycles. The lowest BCUT2D eigenvalue weighted by atomic mass is 9.90. The van der Waals surface area contributed by atoms with Gasteiger partial charge in [0, 0.05) is 13.1 Å². The van der Waals surface area contributed by atoms with E-state index >= 15 is 0 Å². The number of hydrogen-bond acceptors (Lipinski definition) is 4. The fourth-order valence-corrected chi connectivity index (χ4v) is 2.69. The van der Waals surface area contributed by atoms with Gasteiger partial charge in [-0.05, 0) is 31.4 Å². The van der Waals surface area contributed by atoms with Crippen LogP contribution in [0.25, 0.3) is 0 Å². The second-order valence-electron chi connectivity index (χ2n) is 5.50. The summed E-state index contributed by atoms with van der Waals surface area (Å²) in [6.45, 7) is -0.227. The second-order valence-corrected chi connectivity index (χ2v) is 7.59. The van der Waals surface area contributed by atoms with E-state index in [1.54, 1.807) is 29.2 Å². The van der Waals surface area contributed by atoms with Crippen molar-refractivity contribution in [3.63, 3.8) is 0 Å². The van der Waals surface area contributed by atoms with Crippen molar-refractivity contribution in [1.82, 2.24) is 4.31 Å². The van der Waals surface area contributed by atoms with Crippen LogP contribution in [-0.4, -0.2) is 44.5 Å². The summed E-state index contributed by atoms with van der Waals surface area (Å²) in [5, 5.41) is 9.24. The quantitative estimate of drug-likeness (QED) is 0.819. The van der Waals surface area contributed by atoms with Crippen molar-refractivity contribution in [2.45, 2.75) is 25.3 Å². The van der Waals surface area contributed by atoms with Crippen LogP contribution in [0.2, 0.25) is 0 Å². The van der Waals surface area contributed by atoms with Crippen molar-refractivity contribution in [3.05, 3.63) is 29.8 Å². The smallest absolute Gasteiger partial charge is 0.242 e. The van der Waals surface area contributed by atoms with Crippen molar-refractivity contribution in [2.75, 3.05) is 24.7 Å². The molecule has 118 valence electrons. The molecule has 0 heterocycles. The van der Waals surface area contributed by atoms with Crippen LogP contribution in [0.15, 0.2) is 24.3 Å². The minimum atomic E-state index is -3.42. The highest BCUT2D eigenvalue weighted by molar-refractivity contribution is 7.88. The predicted octanol–water partition coefficient (Wildman–Crippen LogP) is 1.34. The van der Waals surface area contributed by atoms with E-state index in [0.29, 0.717) is 11.3 Å². The van der Waals surface area contributed by atoms with Crippen molar-refractivity contribution < 1.29 is 13.2 Å². The molecule has 0 aliphatic heterocycles. The van der Waals surface area contributed by atoms with Crippen molar-refractivity contribution >= 4 is 21.6 Å². The Morgan fingerprint density at radius 1 is 1.36 bits per heavy atom. The van der Waals surface area contributed by atoms with Gasteiger partial charge in [0.05, 0.1) is 24.1 Å². The van der Waals surface area contributed by atoms with Crippen LogP contribution in [-0.2, 0) is 14.8 Å². The number of benzene rings is 1. The number of sulfonamides is 1. The number of carbonyl (C=O) groups is 1. The monoisotopic (exact) mass is 321 g/mol. The molecule has 1 aromatic rings. The Hall–Kier alpha value is -1.91. The van der Waals surface area contributed by atoms with Gasteiger partial charge in [-0.25, -0.2) is 8.42 Å². The van der Waals surface area contributed by atoms with Crippen LogP contribution >= 0.6 is 0 Å². The molecule has 1 aliphatic rings. The molecule has 0 atom stereocenters. The minimum absolute atomic E-state index is 0.0370. The van der Waals surface area contributed by atoms with Gasteiger partial charge in [0.25, 0.3) is 0 Å². The number of anilines is 1. The highest BCUT2D eigenvalue weighted by Crippen LogP contribution is 2.31. The third kappa shape index (κ3) is 3.46. The fraction of sp³-hybridized carbons (Fsp3) is 0.467. The van der Waals surface area contributed by atoms with E-state index in [1.807, 2.05) is 0 Å². The summed E-state index contributed by atoms with van der Waals surface area (Å²) in [4.78, 5) is 14.2. The molecule has 1 aromatic carbocycles. The van der Waals surface area contributed by atoms with E-state index in [9.17, 15) is 18.5 Å². The molecule has 2 rings (SSSR count). The van der Waals surface area contributed by atoms with Crippen LogP contribution in [0.5, 0.6) is 0 Å². The molecular formula is C15H19N3O3S. The van der Waals surface area contributed by atoms with Crippen LogP contribution in [0, 0.1) is 11.3 Å². The van der Waals surface area contributed by atoms with Gasteiger partial charge in [0.2, 0.25) is 15.9 Å².